The number of carbonyl (C=O) groups excluding carboxylic acids is 1. The van der Waals surface area contributed by atoms with E-state index in [4.69, 9.17) is 0 Å². The maximum atomic E-state index is 11.8. The van der Waals surface area contributed by atoms with Crippen molar-refractivity contribution in [3.05, 3.63) is 29.8 Å². The molecule has 2 rings (SSSR count). The molecule has 1 fully saturated rings. The normalized spacial score (nSPS) is 14.4. The number of amides is 1. The monoisotopic (exact) mass is 261 g/mol. The molecule has 0 unspecified atom stereocenters. The van der Waals surface area contributed by atoms with Crippen molar-refractivity contribution in [3.63, 3.8) is 0 Å². The molecule has 1 aromatic rings. The van der Waals surface area contributed by atoms with Crippen molar-refractivity contribution in [2.75, 3.05) is 25.0 Å². The zero-order valence-corrected chi connectivity index (χ0v) is 11.5. The average molecular weight is 261 g/mol. The van der Waals surface area contributed by atoms with Gasteiger partial charge in [0.2, 0.25) is 5.91 Å². The Morgan fingerprint density at radius 3 is 2.89 bits per heavy atom. The van der Waals surface area contributed by atoms with Gasteiger partial charge in [0.25, 0.3) is 0 Å². The molecule has 3 N–H and O–H groups in total. The van der Waals surface area contributed by atoms with Gasteiger partial charge in [-0.15, -0.1) is 0 Å². The van der Waals surface area contributed by atoms with Crippen LogP contribution in [-0.2, 0) is 11.3 Å². The minimum atomic E-state index is 0.0289. The lowest BCUT2D eigenvalue weighted by molar-refractivity contribution is -0.115. The first-order chi connectivity index (χ1) is 9.28. The van der Waals surface area contributed by atoms with Crippen LogP contribution in [0.5, 0.6) is 0 Å². The number of benzene rings is 1. The Bertz CT molecular complexity index is 416. The summed E-state index contributed by atoms with van der Waals surface area (Å²) in [6, 6.07) is 7.97. The zero-order valence-electron chi connectivity index (χ0n) is 11.5. The number of anilines is 1. The summed E-state index contributed by atoms with van der Waals surface area (Å²) in [5, 5.41) is 9.39. The van der Waals surface area contributed by atoms with E-state index in [9.17, 15) is 4.79 Å². The summed E-state index contributed by atoms with van der Waals surface area (Å²) in [6.45, 7) is 5.22. The van der Waals surface area contributed by atoms with Crippen LogP contribution in [0.15, 0.2) is 24.3 Å². The molecule has 0 heterocycles. The van der Waals surface area contributed by atoms with Crippen LogP contribution in [0.4, 0.5) is 5.69 Å². The molecular weight excluding hydrogens is 238 g/mol. The van der Waals surface area contributed by atoms with Gasteiger partial charge in [0, 0.05) is 12.2 Å². The first-order valence-corrected chi connectivity index (χ1v) is 7.08. The van der Waals surface area contributed by atoms with Crippen LogP contribution in [0.3, 0.4) is 0 Å². The van der Waals surface area contributed by atoms with Crippen LogP contribution in [0.2, 0.25) is 0 Å². The third-order valence-corrected chi connectivity index (χ3v) is 3.21. The van der Waals surface area contributed by atoms with E-state index < -0.39 is 0 Å². The predicted octanol–water partition coefficient (Wildman–Crippen LogP) is 1.73. The van der Waals surface area contributed by atoms with Gasteiger partial charge in [-0.1, -0.05) is 19.1 Å². The van der Waals surface area contributed by atoms with Gasteiger partial charge in [-0.25, -0.2) is 0 Å². The van der Waals surface area contributed by atoms with Gasteiger partial charge in [0.1, 0.15) is 0 Å². The molecule has 0 saturated heterocycles. The highest BCUT2D eigenvalue weighted by atomic mass is 16.1. The molecular formula is C15H23N3O. The number of nitrogens with one attached hydrogen (secondary N) is 3. The van der Waals surface area contributed by atoms with Crippen LogP contribution in [0, 0.1) is 5.92 Å². The molecule has 0 spiro atoms. The largest absolute Gasteiger partial charge is 0.325 e. The highest BCUT2D eigenvalue weighted by molar-refractivity contribution is 5.92. The SMILES string of the molecule is CCNCc1cccc(NC(=O)CNCC2CC2)c1. The minimum absolute atomic E-state index is 0.0289. The maximum absolute atomic E-state index is 11.8. The Labute approximate surface area is 115 Å². The summed E-state index contributed by atoms with van der Waals surface area (Å²) in [5.41, 5.74) is 2.05. The van der Waals surface area contributed by atoms with Gasteiger partial charge in [0.05, 0.1) is 6.54 Å². The maximum Gasteiger partial charge on any atom is 0.238 e. The fourth-order valence-electron chi connectivity index (χ4n) is 1.95. The Kier molecular flexibility index (Phi) is 5.36. The van der Waals surface area contributed by atoms with Crippen LogP contribution in [-0.4, -0.2) is 25.5 Å². The van der Waals surface area contributed by atoms with E-state index in [1.807, 2.05) is 18.2 Å². The first-order valence-electron chi connectivity index (χ1n) is 7.08. The zero-order chi connectivity index (χ0) is 13.5. The van der Waals surface area contributed by atoms with Crippen molar-refractivity contribution in [1.29, 1.82) is 0 Å². The standard InChI is InChI=1S/C15H23N3O/c1-2-16-10-13-4-3-5-14(8-13)18-15(19)11-17-9-12-6-7-12/h3-5,8,12,16-17H,2,6-7,9-11H2,1H3,(H,18,19). The molecule has 19 heavy (non-hydrogen) atoms. The highest BCUT2D eigenvalue weighted by Crippen LogP contribution is 2.27. The first kappa shape index (κ1) is 14.0. The fourth-order valence-corrected chi connectivity index (χ4v) is 1.95. The molecule has 0 aliphatic heterocycles. The third-order valence-electron chi connectivity index (χ3n) is 3.21. The predicted molar refractivity (Wildman–Crippen MR) is 78.0 cm³/mol. The molecule has 4 nitrogen and oxygen atoms in total. The van der Waals surface area contributed by atoms with E-state index in [0.29, 0.717) is 6.54 Å². The fraction of sp³-hybridized carbons (Fsp3) is 0.533. The summed E-state index contributed by atoms with van der Waals surface area (Å²) < 4.78 is 0. The van der Waals surface area contributed by atoms with E-state index in [-0.39, 0.29) is 5.91 Å². The van der Waals surface area contributed by atoms with Crippen LogP contribution >= 0.6 is 0 Å². The number of hydrogen-bond acceptors (Lipinski definition) is 3. The number of carbonyl (C=O) groups is 1. The third kappa shape index (κ3) is 5.41. The Balaban J connectivity index is 1.74. The van der Waals surface area contributed by atoms with Crippen LogP contribution < -0.4 is 16.0 Å². The quantitative estimate of drug-likeness (QED) is 0.668. The average Bonchev–Trinajstić information content (AvgIpc) is 3.21. The van der Waals surface area contributed by atoms with E-state index in [1.165, 1.54) is 18.4 Å². The molecule has 4 heteroatoms. The molecule has 1 amide bonds. The Morgan fingerprint density at radius 2 is 2.16 bits per heavy atom. The van der Waals surface area contributed by atoms with Crippen molar-refractivity contribution in [2.24, 2.45) is 5.92 Å². The lowest BCUT2D eigenvalue weighted by atomic mass is 10.2. The second kappa shape index (κ2) is 7.26. The van der Waals surface area contributed by atoms with Gasteiger partial charge in [0.15, 0.2) is 0 Å². The molecule has 0 bridgehead atoms. The van der Waals surface area contributed by atoms with Gasteiger partial charge >= 0.3 is 0 Å². The summed E-state index contributed by atoms with van der Waals surface area (Å²) in [7, 11) is 0. The van der Waals surface area contributed by atoms with E-state index in [0.717, 1.165) is 31.2 Å². The van der Waals surface area contributed by atoms with Gasteiger partial charge in [-0.3, -0.25) is 4.79 Å². The smallest absolute Gasteiger partial charge is 0.238 e. The van der Waals surface area contributed by atoms with E-state index in [2.05, 4.69) is 28.9 Å². The molecule has 1 aliphatic carbocycles. The summed E-state index contributed by atoms with van der Waals surface area (Å²) in [5.74, 6) is 0.831. The van der Waals surface area contributed by atoms with E-state index in [1.54, 1.807) is 0 Å². The van der Waals surface area contributed by atoms with Crippen molar-refractivity contribution >= 4 is 11.6 Å². The van der Waals surface area contributed by atoms with Gasteiger partial charge < -0.3 is 16.0 Å². The highest BCUT2D eigenvalue weighted by Gasteiger charge is 2.20. The lowest BCUT2D eigenvalue weighted by Crippen LogP contribution is -2.29. The van der Waals surface area contributed by atoms with Gasteiger partial charge in [-0.05, 0) is 49.5 Å². The molecule has 1 saturated carbocycles. The second-order valence-corrected chi connectivity index (χ2v) is 5.10. The van der Waals surface area contributed by atoms with Crippen molar-refractivity contribution < 1.29 is 4.79 Å². The molecule has 1 aliphatic rings. The summed E-state index contributed by atoms with van der Waals surface area (Å²) in [6.07, 6.45) is 2.61. The van der Waals surface area contributed by atoms with E-state index >= 15 is 0 Å². The van der Waals surface area contributed by atoms with Crippen LogP contribution in [0.1, 0.15) is 25.3 Å². The van der Waals surface area contributed by atoms with Crippen molar-refractivity contribution in [3.8, 4) is 0 Å². The minimum Gasteiger partial charge on any atom is -0.325 e. The second-order valence-electron chi connectivity index (χ2n) is 5.10. The van der Waals surface area contributed by atoms with Crippen LogP contribution in [0.25, 0.3) is 0 Å². The number of hydrogen-bond donors (Lipinski definition) is 3. The molecule has 104 valence electrons. The van der Waals surface area contributed by atoms with Crippen molar-refractivity contribution in [1.82, 2.24) is 10.6 Å². The molecule has 1 aromatic carbocycles. The summed E-state index contributed by atoms with van der Waals surface area (Å²) >= 11 is 0. The summed E-state index contributed by atoms with van der Waals surface area (Å²) in [4.78, 5) is 11.8. The topological polar surface area (TPSA) is 53.2 Å². The molecule has 0 radical (unpaired) electrons. The Morgan fingerprint density at radius 1 is 1.32 bits per heavy atom. The molecule has 0 aromatic heterocycles. The number of rotatable bonds is 8. The van der Waals surface area contributed by atoms with Gasteiger partial charge in [-0.2, -0.15) is 0 Å². The Hall–Kier alpha value is -1.39. The lowest BCUT2D eigenvalue weighted by Gasteiger charge is -2.08. The molecule has 0 atom stereocenters. The van der Waals surface area contributed by atoms with Crippen molar-refractivity contribution in [2.45, 2.75) is 26.3 Å².